The fraction of sp³-hybridized carbons (Fsp3) is 0.444. The summed E-state index contributed by atoms with van der Waals surface area (Å²) in [5.41, 5.74) is 0.900. The first-order chi connectivity index (χ1) is 10.6. The molecule has 22 heavy (non-hydrogen) atoms. The van der Waals surface area contributed by atoms with Crippen LogP contribution in [-0.2, 0) is 14.3 Å². The number of carbonyl (C=O) groups is 2. The Labute approximate surface area is 131 Å². The summed E-state index contributed by atoms with van der Waals surface area (Å²) in [5, 5.41) is 2.85. The van der Waals surface area contributed by atoms with Crippen LogP contribution >= 0.6 is 0 Å². The zero-order chi connectivity index (χ0) is 15.8. The fourth-order valence-corrected chi connectivity index (χ4v) is 2.43. The summed E-state index contributed by atoms with van der Waals surface area (Å²) < 4.78 is 5.59. The van der Waals surface area contributed by atoms with E-state index in [0.29, 0.717) is 19.4 Å². The van der Waals surface area contributed by atoms with Gasteiger partial charge in [0.25, 0.3) is 0 Å². The molecule has 0 saturated carbocycles. The quantitative estimate of drug-likeness (QED) is 0.640. The third-order valence-corrected chi connectivity index (χ3v) is 3.69. The summed E-state index contributed by atoms with van der Waals surface area (Å²) >= 11 is 0. The van der Waals surface area contributed by atoms with Crippen LogP contribution in [0.1, 0.15) is 44.3 Å². The molecule has 0 aromatic heterocycles. The number of ether oxygens (including phenoxy) is 1. The summed E-state index contributed by atoms with van der Waals surface area (Å²) in [5.74, 6) is 0.00163. The van der Waals surface area contributed by atoms with Crippen molar-refractivity contribution in [3.63, 3.8) is 0 Å². The third-order valence-electron chi connectivity index (χ3n) is 3.69. The number of hydrogen-bond donors (Lipinski definition) is 1. The molecular formula is C18H23NO3. The Kier molecular flexibility index (Phi) is 6.19. The Balaban J connectivity index is 2.11. The average Bonchev–Trinajstić information content (AvgIpc) is 2.52. The molecule has 0 radical (unpaired) electrons. The van der Waals surface area contributed by atoms with Gasteiger partial charge in [0.1, 0.15) is 6.10 Å². The summed E-state index contributed by atoms with van der Waals surface area (Å²) in [6.07, 6.45) is 6.02. The minimum atomic E-state index is -0.432. The molecule has 1 heterocycles. The van der Waals surface area contributed by atoms with Crippen LogP contribution in [0.15, 0.2) is 42.5 Å². The maximum Gasteiger partial charge on any atom is 0.306 e. The maximum atomic E-state index is 12.1. The minimum Gasteiger partial charge on any atom is -0.456 e. The lowest BCUT2D eigenvalue weighted by Gasteiger charge is -2.20. The van der Waals surface area contributed by atoms with Crippen molar-refractivity contribution in [2.45, 2.75) is 38.7 Å². The molecule has 1 N–H and O–H groups in total. The molecule has 0 fully saturated rings. The van der Waals surface area contributed by atoms with Crippen LogP contribution in [0.2, 0.25) is 0 Å². The van der Waals surface area contributed by atoms with Gasteiger partial charge in [0, 0.05) is 12.8 Å². The molecule has 1 aromatic carbocycles. The molecular weight excluding hydrogens is 278 g/mol. The Bertz CT molecular complexity index is 524. The standard InChI is InChI=1S/C18H23NO3/c1-14-8-4-2-7-11-17(20)19-13-16(22-18(21)12-14)15-9-5-3-6-10-15/h2-6,9-10,14,16H,7-8,11-13H2,1H3,(H,19,20)/b4-2+. The summed E-state index contributed by atoms with van der Waals surface area (Å²) in [4.78, 5) is 23.9. The highest BCUT2D eigenvalue weighted by atomic mass is 16.5. The van der Waals surface area contributed by atoms with Crippen LogP contribution in [0.3, 0.4) is 0 Å². The lowest BCUT2D eigenvalue weighted by atomic mass is 10.0. The fourth-order valence-electron chi connectivity index (χ4n) is 2.43. The summed E-state index contributed by atoms with van der Waals surface area (Å²) in [7, 11) is 0. The van der Waals surface area contributed by atoms with E-state index in [0.717, 1.165) is 18.4 Å². The van der Waals surface area contributed by atoms with E-state index < -0.39 is 6.10 Å². The van der Waals surface area contributed by atoms with Gasteiger partial charge in [-0.3, -0.25) is 9.59 Å². The van der Waals surface area contributed by atoms with E-state index in [1.54, 1.807) is 0 Å². The number of benzene rings is 1. The number of hydrogen-bond acceptors (Lipinski definition) is 3. The van der Waals surface area contributed by atoms with Crippen molar-refractivity contribution in [1.82, 2.24) is 5.32 Å². The molecule has 0 aliphatic carbocycles. The molecule has 2 unspecified atom stereocenters. The second-order valence-electron chi connectivity index (χ2n) is 5.75. The SMILES string of the molecule is CC1C/C=C/CCC(=O)NCC(c2ccccc2)OC(=O)C1. The lowest BCUT2D eigenvalue weighted by Crippen LogP contribution is -2.30. The number of rotatable bonds is 1. The predicted octanol–water partition coefficient (Wildman–Crippen LogP) is 3.15. The van der Waals surface area contributed by atoms with E-state index in [-0.39, 0.29) is 17.8 Å². The number of allylic oxidation sites excluding steroid dienone is 2. The molecule has 1 aromatic rings. The zero-order valence-electron chi connectivity index (χ0n) is 13.0. The summed E-state index contributed by atoms with van der Waals surface area (Å²) in [6.45, 7) is 2.35. The second-order valence-corrected chi connectivity index (χ2v) is 5.75. The van der Waals surface area contributed by atoms with E-state index in [2.05, 4.69) is 5.32 Å². The molecule has 1 aliphatic rings. The molecule has 0 spiro atoms. The van der Waals surface area contributed by atoms with Crippen LogP contribution in [0.5, 0.6) is 0 Å². The first-order valence-electron chi connectivity index (χ1n) is 7.81. The van der Waals surface area contributed by atoms with E-state index in [1.807, 2.05) is 49.4 Å². The van der Waals surface area contributed by atoms with Gasteiger partial charge in [0.05, 0.1) is 6.54 Å². The van der Waals surface area contributed by atoms with E-state index in [9.17, 15) is 9.59 Å². The van der Waals surface area contributed by atoms with E-state index in [1.165, 1.54) is 0 Å². The van der Waals surface area contributed by atoms with Crippen molar-refractivity contribution in [3.8, 4) is 0 Å². The zero-order valence-corrected chi connectivity index (χ0v) is 13.0. The monoisotopic (exact) mass is 301 g/mol. The van der Waals surface area contributed by atoms with Crippen molar-refractivity contribution in [2.75, 3.05) is 6.54 Å². The number of carbonyl (C=O) groups excluding carboxylic acids is 2. The lowest BCUT2D eigenvalue weighted by molar-refractivity contribution is -0.150. The Morgan fingerprint density at radius 2 is 1.91 bits per heavy atom. The number of cyclic esters (lactones) is 1. The first kappa shape index (κ1) is 16.3. The summed E-state index contributed by atoms with van der Waals surface area (Å²) in [6, 6.07) is 9.54. The van der Waals surface area contributed by atoms with E-state index >= 15 is 0 Å². The van der Waals surface area contributed by atoms with Gasteiger partial charge < -0.3 is 10.1 Å². The van der Waals surface area contributed by atoms with Gasteiger partial charge in [-0.2, -0.15) is 0 Å². The molecule has 2 rings (SSSR count). The van der Waals surface area contributed by atoms with Gasteiger partial charge >= 0.3 is 5.97 Å². The Morgan fingerprint density at radius 1 is 1.14 bits per heavy atom. The van der Waals surface area contributed by atoms with Crippen molar-refractivity contribution in [3.05, 3.63) is 48.0 Å². The Hall–Kier alpha value is -2.10. The third kappa shape index (κ3) is 5.35. The van der Waals surface area contributed by atoms with Crippen molar-refractivity contribution in [1.29, 1.82) is 0 Å². The number of nitrogens with one attached hydrogen (secondary N) is 1. The van der Waals surface area contributed by atoms with Crippen LogP contribution < -0.4 is 5.32 Å². The average molecular weight is 301 g/mol. The number of esters is 1. The normalized spacial score (nSPS) is 25.9. The molecule has 1 aliphatic heterocycles. The molecule has 4 heteroatoms. The second kappa shape index (κ2) is 8.37. The highest BCUT2D eigenvalue weighted by Gasteiger charge is 2.19. The molecule has 2 atom stereocenters. The molecule has 118 valence electrons. The van der Waals surface area contributed by atoms with Gasteiger partial charge in [0.15, 0.2) is 0 Å². The maximum absolute atomic E-state index is 12.1. The molecule has 1 amide bonds. The minimum absolute atomic E-state index is 0.0195. The molecule has 4 nitrogen and oxygen atoms in total. The first-order valence-corrected chi connectivity index (χ1v) is 7.81. The topological polar surface area (TPSA) is 55.4 Å². The van der Waals surface area contributed by atoms with Gasteiger partial charge in [-0.15, -0.1) is 0 Å². The van der Waals surface area contributed by atoms with Crippen molar-refractivity contribution >= 4 is 11.9 Å². The van der Waals surface area contributed by atoms with Gasteiger partial charge in [-0.05, 0) is 24.3 Å². The van der Waals surface area contributed by atoms with Crippen LogP contribution in [0.25, 0.3) is 0 Å². The Morgan fingerprint density at radius 3 is 2.68 bits per heavy atom. The largest absolute Gasteiger partial charge is 0.456 e. The molecule has 0 saturated heterocycles. The van der Waals surface area contributed by atoms with E-state index in [4.69, 9.17) is 4.74 Å². The van der Waals surface area contributed by atoms with Crippen LogP contribution in [0, 0.1) is 5.92 Å². The van der Waals surface area contributed by atoms with Crippen molar-refractivity contribution in [2.24, 2.45) is 5.92 Å². The number of amides is 1. The molecule has 0 bridgehead atoms. The predicted molar refractivity (Wildman–Crippen MR) is 85.1 cm³/mol. The van der Waals surface area contributed by atoms with Crippen molar-refractivity contribution < 1.29 is 14.3 Å². The highest BCUT2D eigenvalue weighted by Crippen LogP contribution is 2.19. The van der Waals surface area contributed by atoms with Gasteiger partial charge in [-0.1, -0.05) is 49.4 Å². The van der Waals surface area contributed by atoms with Gasteiger partial charge in [-0.25, -0.2) is 0 Å². The van der Waals surface area contributed by atoms with Crippen LogP contribution in [0.4, 0.5) is 0 Å². The smallest absolute Gasteiger partial charge is 0.306 e. The highest BCUT2D eigenvalue weighted by molar-refractivity contribution is 5.76. The van der Waals surface area contributed by atoms with Crippen LogP contribution in [-0.4, -0.2) is 18.4 Å². The van der Waals surface area contributed by atoms with Gasteiger partial charge in [0.2, 0.25) is 5.91 Å².